The molecule has 3 N–H and O–H groups in total. The fraction of sp³-hybridized carbons (Fsp3) is 0.944. The molecule has 0 aliphatic carbocycles. The molecule has 534 valence electrons. The summed E-state index contributed by atoms with van der Waals surface area (Å²) in [6.45, 7) is 11.8. The van der Waals surface area contributed by atoms with E-state index in [0.717, 1.165) is 108 Å². The molecule has 6 atom stereocenters. The number of unbranched alkanes of at least 4 members (excludes halogenated alkanes) is 36. The highest BCUT2D eigenvalue weighted by Crippen LogP contribution is 2.45. The minimum Gasteiger partial charge on any atom is -0.462 e. The lowest BCUT2D eigenvalue weighted by Crippen LogP contribution is -2.30. The van der Waals surface area contributed by atoms with Crippen LogP contribution in [-0.4, -0.2) is 96.7 Å². The third-order valence-electron chi connectivity index (χ3n) is 16.7. The van der Waals surface area contributed by atoms with Gasteiger partial charge in [0.15, 0.2) is 12.2 Å². The minimum absolute atomic E-state index is 0.106. The van der Waals surface area contributed by atoms with E-state index in [2.05, 4.69) is 48.5 Å². The first kappa shape index (κ1) is 88.1. The number of hydrogen-bond donors (Lipinski definition) is 3. The third-order valence-corrected chi connectivity index (χ3v) is 18.6. The van der Waals surface area contributed by atoms with Crippen molar-refractivity contribution in [2.75, 3.05) is 39.6 Å². The van der Waals surface area contributed by atoms with Crippen molar-refractivity contribution < 1.29 is 80.2 Å². The van der Waals surface area contributed by atoms with Gasteiger partial charge in [0.25, 0.3) is 0 Å². The zero-order chi connectivity index (χ0) is 66.6. The quantitative estimate of drug-likeness (QED) is 0.0222. The summed E-state index contributed by atoms with van der Waals surface area (Å²) >= 11 is 0. The van der Waals surface area contributed by atoms with Gasteiger partial charge in [0.2, 0.25) is 0 Å². The Kier molecular flexibility index (Phi) is 60.6. The number of aliphatic hydroxyl groups excluding tert-OH is 1. The predicted octanol–water partition coefficient (Wildman–Crippen LogP) is 20.2. The van der Waals surface area contributed by atoms with Crippen molar-refractivity contribution in [2.24, 2.45) is 17.8 Å². The molecule has 0 aliphatic heterocycles. The van der Waals surface area contributed by atoms with Crippen LogP contribution in [0.2, 0.25) is 0 Å². The Hall–Kier alpha value is -1.94. The van der Waals surface area contributed by atoms with E-state index in [-0.39, 0.29) is 25.7 Å². The molecule has 0 fully saturated rings. The van der Waals surface area contributed by atoms with Gasteiger partial charge in [-0.1, -0.05) is 305 Å². The molecule has 0 spiro atoms. The number of carbonyl (C=O) groups is 4. The second kappa shape index (κ2) is 61.9. The summed E-state index contributed by atoms with van der Waals surface area (Å²) in [5.74, 6) is 0.167. The van der Waals surface area contributed by atoms with E-state index >= 15 is 0 Å². The number of aliphatic hydroxyl groups is 1. The molecule has 19 heteroatoms. The Bertz CT molecular complexity index is 1770. The largest absolute Gasteiger partial charge is 0.472 e. The van der Waals surface area contributed by atoms with E-state index in [1.807, 2.05) is 0 Å². The van der Waals surface area contributed by atoms with Gasteiger partial charge in [0, 0.05) is 25.7 Å². The standard InChI is InChI=1S/C71H138O17P2/c1-8-10-11-12-13-14-17-25-32-40-47-54-70(75)88-67(59-82-69(74)53-46-39-34-27-29-36-43-50-63(5)6)61-86-90(79,80)84-57-65(72)56-83-89(77,78)85-60-66(58-81-68(73)52-45-38-31-24-21-20-23-30-37-44-51-64(7)9-2)87-71(76)55-48-41-33-26-19-16-15-18-22-28-35-42-49-62(3)4/h62-67,72H,8-61H2,1-7H3,(H,77,78)(H,79,80)/t64?,65-,66-,67-/m1/s1. The predicted molar refractivity (Wildman–Crippen MR) is 363 cm³/mol. The van der Waals surface area contributed by atoms with Crippen molar-refractivity contribution in [1.82, 2.24) is 0 Å². The van der Waals surface area contributed by atoms with Crippen LogP contribution in [0.1, 0.15) is 357 Å². The van der Waals surface area contributed by atoms with Gasteiger partial charge in [-0.25, -0.2) is 9.13 Å². The van der Waals surface area contributed by atoms with Crippen molar-refractivity contribution in [3.8, 4) is 0 Å². The summed E-state index contributed by atoms with van der Waals surface area (Å²) in [6, 6.07) is 0. The fourth-order valence-electron chi connectivity index (χ4n) is 10.7. The average Bonchev–Trinajstić information content (AvgIpc) is 3.45. The van der Waals surface area contributed by atoms with Crippen LogP contribution in [0.15, 0.2) is 0 Å². The van der Waals surface area contributed by atoms with Gasteiger partial charge >= 0.3 is 39.5 Å². The van der Waals surface area contributed by atoms with Gasteiger partial charge in [-0.05, 0) is 43.4 Å². The lowest BCUT2D eigenvalue weighted by atomic mass is 9.99. The number of carbonyl (C=O) groups excluding carboxylic acids is 4. The average molecular weight is 1330 g/mol. The first-order chi connectivity index (χ1) is 43.3. The highest BCUT2D eigenvalue weighted by Gasteiger charge is 2.30. The smallest absolute Gasteiger partial charge is 0.462 e. The summed E-state index contributed by atoms with van der Waals surface area (Å²) in [4.78, 5) is 72.6. The normalized spacial score (nSPS) is 14.5. The molecule has 0 aromatic rings. The van der Waals surface area contributed by atoms with E-state index in [9.17, 15) is 43.2 Å². The van der Waals surface area contributed by atoms with Crippen LogP contribution < -0.4 is 0 Å². The Morgan fingerprint density at radius 3 is 0.844 bits per heavy atom. The van der Waals surface area contributed by atoms with Gasteiger partial charge in [-0.3, -0.25) is 37.3 Å². The second-order valence-corrected chi connectivity index (χ2v) is 29.7. The van der Waals surface area contributed by atoms with Crippen LogP contribution in [0.3, 0.4) is 0 Å². The molecule has 0 radical (unpaired) electrons. The lowest BCUT2D eigenvalue weighted by Gasteiger charge is -2.21. The van der Waals surface area contributed by atoms with Crippen LogP contribution in [0.25, 0.3) is 0 Å². The Balaban J connectivity index is 5.26. The maximum absolute atomic E-state index is 13.0. The summed E-state index contributed by atoms with van der Waals surface area (Å²) in [7, 11) is -9.90. The molecule has 90 heavy (non-hydrogen) atoms. The van der Waals surface area contributed by atoms with Gasteiger partial charge in [0.1, 0.15) is 19.3 Å². The lowest BCUT2D eigenvalue weighted by molar-refractivity contribution is -0.161. The van der Waals surface area contributed by atoms with Gasteiger partial charge in [-0.15, -0.1) is 0 Å². The third kappa shape index (κ3) is 63.5. The highest BCUT2D eigenvalue weighted by atomic mass is 31.2. The number of hydrogen-bond acceptors (Lipinski definition) is 15. The molecule has 0 aromatic carbocycles. The van der Waals surface area contributed by atoms with Crippen LogP contribution in [-0.2, 0) is 65.4 Å². The maximum atomic E-state index is 13.0. The van der Waals surface area contributed by atoms with Crippen molar-refractivity contribution in [3.05, 3.63) is 0 Å². The van der Waals surface area contributed by atoms with Crippen molar-refractivity contribution in [3.63, 3.8) is 0 Å². The van der Waals surface area contributed by atoms with E-state index < -0.39 is 97.5 Å². The Morgan fingerprint density at radius 1 is 0.322 bits per heavy atom. The van der Waals surface area contributed by atoms with E-state index in [1.165, 1.54) is 161 Å². The maximum Gasteiger partial charge on any atom is 0.472 e. The molecular weight excluding hydrogens is 1190 g/mol. The highest BCUT2D eigenvalue weighted by molar-refractivity contribution is 7.47. The number of esters is 4. The van der Waals surface area contributed by atoms with Crippen LogP contribution in [0.4, 0.5) is 0 Å². The second-order valence-electron chi connectivity index (χ2n) is 26.8. The zero-order valence-corrected chi connectivity index (χ0v) is 60.4. The molecule has 0 heterocycles. The summed E-state index contributed by atoms with van der Waals surface area (Å²) in [6.07, 6.45) is 45.7. The zero-order valence-electron chi connectivity index (χ0n) is 58.6. The molecule has 0 rings (SSSR count). The monoisotopic (exact) mass is 1320 g/mol. The SMILES string of the molecule is CCCCCCCCCCCCCC(=O)O[C@H](COC(=O)CCCCCCCCCC(C)C)COP(=O)(O)OC[C@H](O)COP(=O)(O)OC[C@@H](COC(=O)CCCCCCCCCCCCC(C)CC)OC(=O)CCCCCCCCCCCCCCC(C)C. The molecule has 0 aliphatic rings. The van der Waals surface area contributed by atoms with Crippen LogP contribution in [0.5, 0.6) is 0 Å². The Labute approximate surface area is 549 Å². The minimum atomic E-state index is -4.95. The fourth-order valence-corrected chi connectivity index (χ4v) is 12.3. The summed E-state index contributed by atoms with van der Waals surface area (Å²) in [5, 5.41) is 10.6. The van der Waals surface area contributed by atoms with Gasteiger partial charge < -0.3 is 33.8 Å². The number of phosphoric ester groups is 2. The molecule has 0 amide bonds. The summed E-state index contributed by atoms with van der Waals surface area (Å²) in [5.41, 5.74) is 0. The van der Waals surface area contributed by atoms with E-state index in [0.29, 0.717) is 31.6 Å². The van der Waals surface area contributed by atoms with E-state index in [1.54, 1.807) is 0 Å². The number of rotatable bonds is 69. The van der Waals surface area contributed by atoms with Crippen molar-refractivity contribution in [2.45, 2.75) is 375 Å². The van der Waals surface area contributed by atoms with E-state index in [4.69, 9.17) is 37.0 Å². The molecule has 0 saturated carbocycles. The summed E-state index contributed by atoms with van der Waals surface area (Å²) < 4.78 is 68.3. The molecule has 0 saturated heterocycles. The molecular formula is C71H138O17P2. The van der Waals surface area contributed by atoms with Crippen molar-refractivity contribution in [1.29, 1.82) is 0 Å². The number of phosphoric acid groups is 2. The number of ether oxygens (including phenoxy) is 4. The topological polar surface area (TPSA) is 237 Å². The van der Waals surface area contributed by atoms with Crippen LogP contribution in [0, 0.1) is 17.8 Å². The van der Waals surface area contributed by atoms with Gasteiger partial charge in [-0.2, -0.15) is 0 Å². The molecule has 0 bridgehead atoms. The molecule has 17 nitrogen and oxygen atoms in total. The molecule has 0 aromatic heterocycles. The first-order valence-corrected chi connectivity index (χ1v) is 39.9. The van der Waals surface area contributed by atoms with Crippen LogP contribution >= 0.6 is 15.6 Å². The van der Waals surface area contributed by atoms with Crippen molar-refractivity contribution >= 4 is 39.5 Å². The Morgan fingerprint density at radius 2 is 0.567 bits per heavy atom. The van der Waals surface area contributed by atoms with Gasteiger partial charge in [0.05, 0.1) is 26.4 Å². The first-order valence-electron chi connectivity index (χ1n) is 36.9. The molecule has 3 unspecified atom stereocenters.